The van der Waals surface area contributed by atoms with Crippen molar-refractivity contribution in [2.75, 3.05) is 5.73 Å². The zero-order valence-corrected chi connectivity index (χ0v) is 12.2. The Hall–Kier alpha value is -1.36. The first kappa shape index (κ1) is 13.1. The van der Waals surface area contributed by atoms with Gasteiger partial charge < -0.3 is 5.73 Å². The molecule has 96 valence electrons. The highest BCUT2D eigenvalue weighted by molar-refractivity contribution is 9.10. The lowest BCUT2D eigenvalue weighted by atomic mass is 10.1. The fourth-order valence-corrected chi connectivity index (χ4v) is 2.49. The van der Waals surface area contributed by atoms with Crippen molar-refractivity contribution in [3.8, 4) is 5.69 Å². The van der Waals surface area contributed by atoms with Gasteiger partial charge in [0.15, 0.2) is 0 Å². The maximum absolute atomic E-state index is 13.4. The normalized spacial score (nSPS) is 10.9. The van der Waals surface area contributed by atoms with Crippen LogP contribution in [0.1, 0.15) is 23.9 Å². The van der Waals surface area contributed by atoms with Gasteiger partial charge in [-0.2, -0.15) is 5.10 Å². The highest BCUT2D eigenvalue weighted by Crippen LogP contribution is 2.27. The number of halogens is 2. The van der Waals surface area contributed by atoms with Crippen LogP contribution in [0.15, 0.2) is 16.6 Å². The van der Waals surface area contributed by atoms with Crippen LogP contribution < -0.4 is 5.73 Å². The molecule has 1 aromatic heterocycles. The van der Waals surface area contributed by atoms with Gasteiger partial charge in [0.25, 0.3) is 0 Å². The van der Waals surface area contributed by atoms with E-state index < -0.39 is 0 Å². The lowest BCUT2D eigenvalue weighted by molar-refractivity contribution is 0.621. The van der Waals surface area contributed by atoms with E-state index in [4.69, 9.17) is 5.73 Å². The van der Waals surface area contributed by atoms with Crippen LogP contribution in [-0.4, -0.2) is 9.78 Å². The molecule has 0 atom stereocenters. The number of nitrogens with two attached hydrogens (primary N) is 1. The van der Waals surface area contributed by atoms with Crippen LogP contribution in [0.4, 0.5) is 10.1 Å². The third kappa shape index (κ3) is 2.03. The minimum absolute atomic E-state index is 0.367. The van der Waals surface area contributed by atoms with Gasteiger partial charge >= 0.3 is 0 Å². The van der Waals surface area contributed by atoms with Crippen molar-refractivity contribution in [1.82, 2.24) is 9.78 Å². The zero-order valence-electron chi connectivity index (χ0n) is 10.6. The number of nitrogens with zero attached hydrogens (tertiary/aromatic N) is 2. The molecular formula is C13H15BrFN3. The third-order valence-corrected chi connectivity index (χ3v) is 3.70. The molecule has 18 heavy (non-hydrogen) atoms. The number of aryl methyl sites for hydroxylation is 1. The van der Waals surface area contributed by atoms with Gasteiger partial charge in [0, 0.05) is 11.8 Å². The first-order chi connectivity index (χ1) is 8.45. The van der Waals surface area contributed by atoms with Crippen molar-refractivity contribution >= 4 is 21.6 Å². The smallest absolute Gasteiger partial charge is 0.139 e. The molecule has 2 rings (SSSR count). The average Bonchev–Trinajstić information content (AvgIpc) is 2.59. The summed E-state index contributed by atoms with van der Waals surface area (Å²) in [6.07, 6.45) is 0.917. The van der Waals surface area contributed by atoms with E-state index in [1.165, 1.54) is 11.6 Å². The Balaban J connectivity index is 2.66. The second-order valence-electron chi connectivity index (χ2n) is 4.24. The summed E-state index contributed by atoms with van der Waals surface area (Å²) in [4.78, 5) is 0. The van der Waals surface area contributed by atoms with E-state index in [1.54, 1.807) is 10.7 Å². The monoisotopic (exact) mass is 311 g/mol. The van der Waals surface area contributed by atoms with Crippen LogP contribution in [0.25, 0.3) is 5.69 Å². The van der Waals surface area contributed by atoms with Crippen LogP contribution in [-0.2, 0) is 6.42 Å². The largest absolute Gasteiger partial charge is 0.397 e. The van der Waals surface area contributed by atoms with E-state index in [-0.39, 0.29) is 5.82 Å². The summed E-state index contributed by atoms with van der Waals surface area (Å²) >= 11 is 3.17. The molecular weight excluding hydrogens is 297 g/mol. The lowest BCUT2D eigenvalue weighted by Crippen LogP contribution is -2.04. The number of anilines is 1. The summed E-state index contributed by atoms with van der Waals surface area (Å²) in [5, 5.41) is 4.48. The van der Waals surface area contributed by atoms with Crippen LogP contribution in [0.5, 0.6) is 0 Å². The van der Waals surface area contributed by atoms with Gasteiger partial charge in [-0.05, 0) is 47.8 Å². The first-order valence-electron chi connectivity index (χ1n) is 5.75. The summed E-state index contributed by atoms with van der Waals surface area (Å²) in [6, 6.07) is 2.96. The van der Waals surface area contributed by atoms with Crippen LogP contribution in [0.3, 0.4) is 0 Å². The molecule has 0 radical (unpaired) electrons. The molecule has 3 nitrogen and oxygen atoms in total. The molecule has 0 aliphatic rings. The summed E-state index contributed by atoms with van der Waals surface area (Å²) in [6.45, 7) is 6.05. The van der Waals surface area contributed by atoms with E-state index in [0.29, 0.717) is 15.8 Å². The number of rotatable bonds is 2. The number of hydrogen-bond acceptors (Lipinski definition) is 2. The quantitative estimate of drug-likeness (QED) is 0.862. The molecule has 5 heteroatoms. The van der Waals surface area contributed by atoms with Gasteiger partial charge in [-0.1, -0.05) is 6.92 Å². The van der Waals surface area contributed by atoms with Crippen LogP contribution in [0, 0.1) is 19.7 Å². The highest BCUT2D eigenvalue weighted by Gasteiger charge is 2.14. The van der Waals surface area contributed by atoms with Crippen LogP contribution in [0.2, 0.25) is 0 Å². The molecule has 2 N–H and O–H groups in total. The molecule has 0 bridgehead atoms. The van der Waals surface area contributed by atoms with Crippen LogP contribution >= 0.6 is 15.9 Å². The average molecular weight is 312 g/mol. The Morgan fingerprint density at radius 2 is 2.06 bits per heavy atom. The number of nitrogen functional groups attached to an aromatic ring is 1. The fourth-order valence-electron chi connectivity index (χ4n) is 2.16. The van der Waals surface area contributed by atoms with Gasteiger partial charge in [0.05, 0.1) is 21.5 Å². The molecule has 1 aromatic carbocycles. The molecule has 0 saturated carbocycles. The second kappa shape index (κ2) is 4.72. The predicted octanol–water partition coefficient (Wildman–Crippen LogP) is 3.54. The summed E-state index contributed by atoms with van der Waals surface area (Å²) in [7, 11) is 0. The molecule has 2 aromatic rings. The fraction of sp³-hybridized carbons (Fsp3) is 0.308. The Bertz CT molecular complexity index is 605. The van der Waals surface area contributed by atoms with Crippen molar-refractivity contribution in [1.29, 1.82) is 0 Å². The predicted molar refractivity (Wildman–Crippen MR) is 74.5 cm³/mol. The van der Waals surface area contributed by atoms with E-state index in [9.17, 15) is 4.39 Å². The van der Waals surface area contributed by atoms with E-state index in [2.05, 4.69) is 28.0 Å². The Morgan fingerprint density at radius 1 is 1.39 bits per heavy atom. The maximum Gasteiger partial charge on any atom is 0.139 e. The van der Waals surface area contributed by atoms with Gasteiger partial charge in [-0.15, -0.1) is 0 Å². The SMILES string of the molecule is CCc1c(C)nn(-c2cc(Br)c(F)cc2N)c1C. The maximum atomic E-state index is 13.4. The van der Waals surface area contributed by atoms with E-state index in [0.717, 1.165) is 17.8 Å². The third-order valence-electron chi connectivity index (χ3n) is 3.09. The van der Waals surface area contributed by atoms with E-state index in [1.807, 2.05) is 13.8 Å². The molecule has 0 unspecified atom stereocenters. The molecule has 0 fully saturated rings. The van der Waals surface area contributed by atoms with E-state index >= 15 is 0 Å². The molecule has 0 aliphatic carbocycles. The van der Waals surface area contributed by atoms with Gasteiger partial charge in [-0.25, -0.2) is 9.07 Å². The van der Waals surface area contributed by atoms with Crippen molar-refractivity contribution in [2.24, 2.45) is 0 Å². The number of benzene rings is 1. The molecule has 0 saturated heterocycles. The minimum atomic E-state index is -0.367. The van der Waals surface area contributed by atoms with Crippen molar-refractivity contribution in [3.63, 3.8) is 0 Å². The Kier molecular flexibility index (Phi) is 3.43. The lowest BCUT2D eigenvalue weighted by Gasteiger charge is -2.09. The Labute approximate surface area is 114 Å². The minimum Gasteiger partial charge on any atom is -0.397 e. The molecule has 0 aliphatic heterocycles. The van der Waals surface area contributed by atoms with Gasteiger partial charge in [0.1, 0.15) is 5.82 Å². The highest BCUT2D eigenvalue weighted by atomic mass is 79.9. The topological polar surface area (TPSA) is 43.8 Å². The Morgan fingerprint density at radius 3 is 2.61 bits per heavy atom. The molecule has 1 heterocycles. The number of aromatic nitrogens is 2. The first-order valence-corrected chi connectivity index (χ1v) is 6.55. The van der Waals surface area contributed by atoms with Crippen molar-refractivity contribution < 1.29 is 4.39 Å². The summed E-state index contributed by atoms with van der Waals surface area (Å²) < 4.78 is 15.5. The second-order valence-corrected chi connectivity index (χ2v) is 5.09. The zero-order chi connectivity index (χ0) is 13.4. The van der Waals surface area contributed by atoms with Gasteiger partial charge in [0.2, 0.25) is 0 Å². The van der Waals surface area contributed by atoms with Gasteiger partial charge in [-0.3, -0.25) is 0 Å². The molecule has 0 amide bonds. The standard InChI is InChI=1S/C13H15BrFN3/c1-4-9-7(2)17-18(8(9)3)13-5-10(14)11(15)6-12(13)16/h5-6H,4,16H2,1-3H3. The van der Waals surface area contributed by atoms with Crippen molar-refractivity contribution in [3.05, 3.63) is 39.4 Å². The number of hydrogen-bond donors (Lipinski definition) is 1. The summed E-state index contributed by atoms with van der Waals surface area (Å²) in [5.41, 5.74) is 10.2. The van der Waals surface area contributed by atoms with Crippen molar-refractivity contribution in [2.45, 2.75) is 27.2 Å². The molecule has 0 spiro atoms. The summed E-state index contributed by atoms with van der Waals surface area (Å²) in [5.74, 6) is -0.367.